The topological polar surface area (TPSA) is 37.4 Å². The third kappa shape index (κ3) is 3.76. The molecule has 0 aliphatic heterocycles. The molecule has 0 heterocycles. The van der Waals surface area contributed by atoms with Crippen molar-refractivity contribution in [2.45, 2.75) is 31.1 Å². The van der Waals surface area contributed by atoms with Crippen molar-refractivity contribution in [2.75, 3.05) is 13.6 Å². The predicted octanol–water partition coefficient (Wildman–Crippen LogP) is 3.40. The molecular weight excluding hydrogens is 321 g/mol. The minimum atomic E-state index is -3.59. The molecule has 0 saturated heterocycles. The molecule has 0 bridgehead atoms. The summed E-state index contributed by atoms with van der Waals surface area (Å²) in [6.45, 7) is 2.51. The van der Waals surface area contributed by atoms with Gasteiger partial charge in [-0.2, -0.15) is 0 Å². The second kappa shape index (κ2) is 6.63. The average Bonchev–Trinajstić information content (AvgIpc) is 2.32. The first kappa shape index (κ1) is 15.6. The molecule has 0 aliphatic carbocycles. The largest absolute Gasteiger partial charge is 0.242 e. The fraction of sp³-hybridized carbons (Fsp3) is 0.500. The van der Waals surface area contributed by atoms with Crippen LogP contribution < -0.4 is 0 Å². The van der Waals surface area contributed by atoms with E-state index in [2.05, 4.69) is 22.9 Å². The Morgan fingerprint density at radius 1 is 1.33 bits per heavy atom. The number of unbranched alkanes of at least 4 members (excludes halogenated alkanes) is 2. The van der Waals surface area contributed by atoms with E-state index in [-0.39, 0.29) is 9.37 Å². The molecule has 0 unspecified atom stereocenters. The van der Waals surface area contributed by atoms with E-state index in [1.807, 2.05) is 0 Å². The Morgan fingerprint density at radius 2 is 2.00 bits per heavy atom. The summed E-state index contributed by atoms with van der Waals surface area (Å²) >= 11 is 3.00. The average molecular weight is 338 g/mol. The summed E-state index contributed by atoms with van der Waals surface area (Å²) in [5.41, 5.74) is 0. The molecule has 0 aromatic heterocycles. The van der Waals surface area contributed by atoms with Crippen LogP contribution in [0.25, 0.3) is 0 Å². The Bertz CT molecular complexity index is 505. The van der Waals surface area contributed by atoms with Gasteiger partial charge in [0.1, 0.15) is 5.82 Å². The standard InChI is InChI=1S/C12H17BrFNO2S/c1-3-4-5-8-15(2)18(16,17)10-6-7-11(13)12(14)9-10/h6-7,9H,3-5,8H2,1-2H3. The van der Waals surface area contributed by atoms with Crippen LogP contribution in [0, 0.1) is 5.82 Å². The highest BCUT2D eigenvalue weighted by Crippen LogP contribution is 2.21. The van der Waals surface area contributed by atoms with Crippen LogP contribution >= 0.6 is 15.9 Å². The highest BCUT2D eigenvalue weighted by atomic mass is 79.9. The summed E-state index contributed by atoms with van der Waals surface area (Å²) in [4.78, 5) is -0.0119. The first-order valence-corrected chi connectivity index (χ1v) is 8.04. The van der Waals surface area contributed by atoms with Gasteiger partial charge in [0.25, 0.3) is 0 Å². The molecule has 18 heavy (non-hydrogen) atoms. The van der Waals surface area contributed by atoms with Crippen LogP contribution in [0.3, 0.4) is 0 Å². The third-order valence-corrected chi connectivity index (χ3v) is 5.17. The minimum absolute atomic E-state index is 0.0119. The number of nitrogens with zero attached hydrogens (tertiary/aromatic N) is 1. The third-order valence-electron chi connectivity index (χ3n) is 2.68. The van der Waals surface area contributed by atoms with Crippen molar-refractivity contribution >= 4 is 26.0 Å². The second-order valence-electron chi connectivity index (χ2n) is 4.11. The normalized spacial score (nSPS) is 12.1. The highest BCUT2D eigenvalue weighted by Gasteiger charge is 2.21. The van der Waals surface area contributed by atoms with Gasteiger partial charge in [-0.05, 0) is 40.5 Å². The van der Waals surface area contributed by atoms with Gasteiger partial charge in [-0.25, -0.2) is 17.1 Å². The van der Waals surface area contributed by atoms with E-state index in [1.165, 1.54) is 23.5 Å². The highest BCUT2D eigenvalue weighted by molar-refractivity contribution is 9.10. The van der Waals surface area contributed by atoms with E-state index in [9.17, 15) is 12.8 Å². The van der Waals surface area contributed by atoms with Gasteiger partial charge in [-0.3, -0.25) is 0 Å². The van der Waals surface area contributed by atoms with Crippen LogP contribution in [0.1, 0.15) is 26.2 Å². The first-order chi connectivity index (χ1) is 8.39. The van der Waals surface area contributed by atoms with Gasteiger partial charge < -0.3 is 0 Å². The van der Waals surface area contributed by atoms with Gasteiger partial charge in [0.2, 0.25) is 10.0 Å². The first-order valence-electron chi connectivity index (χ1n) is 5.81. The lowest BCUT2D eigenvalue weighted by molar-refractivity contribution is 0.453. The zero-order valence-electron chi connectivity index (χ0n) is 10.5. The summed E-state index contributed by atoms with van der Waals surface area (Å²) < 4.78 is 39.1. The summed E-state index contributed by atoms with van der Waals surface area (Å²) in [5.74, 6) is -0.571. The van der Waals surface area contributed by atoms with Crippen molar-refractivity contribution in [2.24, 2.45) is 0 Å². The quantitative estimate of drug-likeness (QED) is 0.746. The smallest absolute Gasteiger partial charge is 0.207 e. The van der Waals surface area contributed by atoms with Gasteiger partial charge >= 0.3 is 0 Å². The molecule has 0 aliphatic rings. The van der Waals surface area contributed by atoms with Crippen LogP contribution in [-0.2, 0) is 10.0 Å². The number of benzene rings is 1. The zero-order valence-corrected chi connectivity index (χ0v) is 12.9. The Labute approximate surface area is 116 Å². The number of hydrogen-bond acceptors (Lipinski definition) is 2. The Kier molecular flexibility index (Phi) is 5.75. The van der Waals surface area contributed by atoms with Crippen LogP contribution in [0.4, 0.5) is 4.39 Å². The second-order valence-corrected chi connectivity index (χ2v) is 7.01. The van der Waals surface area contributed by atoms with Gasteiger partial charge in [0, 0.05) is 13.6 Å². The molecule has 0 fully saturated rings. The fourth-order valence-corrected chi connectivity index (χ4v) is 2.99. The van der Waals surface area contributed by atoms with E-state index < -0.39 is 15.8 Å². The molecule has 0 radical (unpaired) electrons. The van der Waals surface area contributed by atoms with Crippen molar-refractivity contribution in [3.63, 3.8) is 0 Å². The molecule has 0 N–H and O–H groups in total. The summed E-state index contributed by atoms with van der Waals surface area (Å²) in [7, 11) is -2.07. The molecule has 1 aromatic rings. The van der Waals surface area contributed by atoms with Crippen molar-refractivity contribution in [3.05, 3.63) is 28.5 Å². The van der Waals surface area contributed by atoms with Gasteiger partial charge in [0.15, 0.2) is 0 Å². The Balaban J connectivity index is 2.88. The van der Waals surface area contributed by atoms with E-state index in [1.54, 1.807) is 0 Å². The monoisotopic (exact) mass is 337 g/mol. The van der Waals surface area contributed by atoms with Crippen molar-refractivity contribution in [1.82, 2.24) is 4.31 Å². The van der Waals surface area contributed by atoms with Crippen molar-refractivity contribution < 1.29 is 12.8 Å². The molecule has 1 rings (SSSR count). The van der Waals surface area contributed by atoms with E-state index >= 15 is 0 Å². The molecule has 0 spiro atoms. The van der Waals surface area contributed by atoms with E-state index in [4.69, 9.17) is 0 Å². The Hall–Kier alpha value is -0.460. The van der Waals surface area contributed by atoms with Crippen molar-refractivity contribution in [3.8, 4) is 0 Å². The molecule has 1 aromatic carbocycles. The summed E-state index contributed by atoms with van der Waals surface area (Å²) in [6.07, 6.45) is 2.82. The molecule has 0 atom stereocenters. The minimum Gasteiger partial charge on any atom is -0.207 e. The van der Waals surface area contributed by atoms with Crippen LogP contribution in [0.15, 0.2) is 27.6 Å². The maximum atomic E-state index is 13.3. The lowest BCUT2D eigenvalue weighted by Crippen LogP contribution is -2.28. The molecule has 6 heteroatoms. The van der Waals surface area contributed by atoms with Gasteiger partial charge in [0.05, 0.1) is 9.37 Å². The zero-order chi connectivity index (χ0) is 13.8. The fourth-order valence-electron chi connectivity index (χ4n) is 1.52. The maximum absolute atomic E-state index is 13.3. The predicted molar refractivity (Wildman–Crippen MR) is 73.4 cm³/mol. The van der Waals surface area contributed by atoms with E-state index in [0.29, 0.717) is 6.54 Å². The number of rotatable bonds is 6. The molecular formula is C12H17BrFNO2S. The van der Waals surface area contributed by atoms with Crippen molar-refractivity contribution in [1.29, 1.82) is 0 Å². The lowest BCUT2D eigenvalue weighted by Gasteiger charge is -2.17. The number of sulfonamides is 1. The van der Waals surface area contributed by atoms with Gasteiger partial charge in [-0.1, -0.05) is 19.8 Å². The maximum Gasteiger partial charge on any atom is 0.242 e. The van der Waals surface area contributed by atoms with E-state index in [0.717, 1.165) is 25.3 Å². The molecule has 3 nitrogen and oxygen atoms in total. The SMILES string of the molecule is CCCCCN(C)S(=O)(=O)c1ccc(Br)c(F)c1. The molecule has 0 saturated carbocycles. The number of halogens is 2. The summed E-state index contributed by atoms with van der Waals surface area (Å²) in [5, 5.41) is 0. The Morgan fingerprint density at radius 3 is 2.56 bits per heavy atom. The summed E-state index contributed by atoms with van der Waals surface area (Å²) in [6, 6.07) is 3.84. The van der Waals surface area contributed by atoms with Crippen LogP contribution in [0.2, 0.25) is 0 Å². The number of hydrogen-bond donors (Lipinski definition) is 0. The molecule has 0 amide bonds. The molecule has 102 valence electrons. The lowest BCUT2D eigenvalue weighted by atomic mass is 10.2. The van der Waals surface area contributed by atoms with Crippen LogP contribution in [-0.4, -0.2) is 26.3 Å². The van der Waals surface area contributed by atoms with Crippen LogP contribution in [0.5, 0.6) is 0 Å². The van der Waals surface area contributed by atoms with Gasteiger partial charge in [-0.15, -0.1) is 0 Å².